The van der Waals surface area contributed by atoms with E-state index in [2.05, 4.69) is 30.5 Å². The quantitative estimate of drug-likeness (QED) is 0.584. The van der Waals surface area contributed by atoms with Gasteiger partial charge in [0.1, 0.15) is 17.9 Å². The first-order valence-electron chi connectivity index (χ1n) is 8.89. The standard InChI is InChI=1S/C19H19N7O/c1-27-14-2-3-16-15(8-14)17(6-7-20-16)21-9-13-10-25(11-13)19-5-4-18-23-22-12-26(18)24-19/h2-8,12-13H,9-11H2,1H3,(H,20,21). The van der Waals surface area contributed by atoms with Gasteiger partial charge in [0.2, 0.25) is 0 Å². The van der Waals surface area contributed by atoms with E-state index in [9.17, 15) is 0 Å². The van der Waals surface area contributed by atoms with Crippen molar-refractivity contribution in [3.05, 3.63) is 48.9 Å². The maximum atomic E-state index is 5.34. The molecule has 136 valence electrons. The molecule has 1 N–H and O–H groups in total. The molecule has 5 rings (SSSR count). The Morgan fingerprint density at radius 1 is 1.19 bits per heavy atom. The Morgan fingerprint density at radius 2 is 2.11 bits per heavy atom. The van der Waals surface area contributed by atoms with Crippen molar-refractivity contribution in [3.8, 4) is 5.75 Å². The molecule has 27 heavy (non-hydrogen) atoms. The monoisotopic (exact) mass is 361 g/mol. The number of hydrogen-bond donors (Lipinski definition) is 1. The van der Waals surface area contributed by atoms with E-state index in [4.69, 9.17) is 4.74 Å². The van der Waals surface area contributed by atoms with Crippen LogP contribution in [0.1, 0.15) is 0 Å². The third-order valence-electron chi connectivity index (χ3n) is 4.96. The SMILES string of the molecule is COc1ccc2nccc(NCC3CN(c4ccc5nncn5n4)C3)c2c1. The van der Waals surface area contributed by atoms with E-state index in [-0.39, 0.29) is 0 Å². The number of pyridine rings is 1. The summed E-state index contributed by atoms with van der Waals surface area (Å²) in [5.74, 6) is 2.36. The highest BCUT2D eigenvalue weighted by molar-refractivity contribution is 5.92. The average molecular weight is 361 g/mol. The summed E-state index contributed by atoms with van der Waals surface area (Å²) in [6.45, 7) is 2.85. The number of benzene rings is 1. The van der Waals surface area contributed by atoms with Gasteiger partial charge in [-0.15, -0.1) is 15.3 Å². The second kappa shape index (κ2) is 6.39. The van der Waals surface area contributed by atoms with Crippen LogP contribution in [-0.4, -0.2) is 51.5 Å². The van der Waals surface area contributed by atoms with Crippen LogP contribution in [0.15, 0.2) is 48.9 Å². The summed E-state index contributed by atoms with van der Waals surface area (Å²) in [4.78, 5) is 6.69. The van der Waals surface area contributed by atoms with Crippen LogP contribution in [0.3, 0.4) is 0 Å². The fraction of sp³-hybridized carbons (Fsp3) is 0.263. The molecule has 0 amide bonds. The van der Waals surface area contributed by atoms with E-state index in [1.807, 2.05) is 42.6 Å². The summed E-state index contributed by atoms with van der Waals surface area (Å²) in [5.41, 5.74) is 2.81. The minimum absolute atomic E-state index is 0.567. The molecule has 3 aromatic heterocycles. The molecule has 1 aliphatic rings. The van der Waals surface area contributed by atoms with Gasteiger partial charge in [-0.25, -0.2) is 0 Å². The van der Waals surface area contributed by atoms with Crippen molar-refractivity contribution in [1.29, 1.82) is 0 Å². The lowest BCUT2D eigenvalue weighted by molar-refractivity contribution is 0.415. The summed E-state index contributed by atoms with van der Waals surface area (Å²) >= 11 is 0. The maximum Gasteiger partial charge on any atom is 0.177 e. The molecule has 4 aromatic rings. The van der Waals surface area contributed by atoms with E-state index in [0.29, 0.717) is 5.92 Å². The van der Waals surface area contributed by atoms with Gasteiger partial charge in [-0.2, -0.15) is 4.52 Å². The lowest BCUT2D eigenvalue weighted by Gasteiger charge is -2.40. The fourth-order valence-electron chi connectivity index (χ4n) is 3.43. The number of fused-ring (bicyclic) bond motifs is 2. The normalized spacial score (nSPS) is 14.5. The van der Waals surface area contributed by atoms with Gasteiger partial charge in [0, 0.05) is 42.8 Å². The van der Waals surface area contributed by atoms with Crippen molar-refractivity contribution in [1.82, 2.24) is 24.8 Å². The molecule has 0 spiro atoms. The number of aromatic nitrogens is 5. The zero-order chi connectivity index (χ0) is 18.2. The molecule has 1 aromatic carbocycles. The molecule has 8 heteroatoms. The van der Waals surface area contributed by atoms with E-state index in [1.54, 1.807) is 18.0 Å². The van der Waals surface area contributed by atoms with Crippen LogP contribution in [-0.2, 0) is 0 Å². The first kappa shape index (κ1) is 15.8. The van der Waals surface area contributed by atoms with Crippen molar-refractivity contribution in [2.45, 2.75) is 0 Å². The largest absolute Gasteiger partial charge is 0.497 e. The lowest BCUT2D eigenvalue weighted by atomic mass is 10.00. The highest BCUT2D eigenvalue weighted by Crippen LogP contribution is 2.27. The minimum Gasteiger partial charge on any atom is -0.497 e. The highest BCUT2D eigenvalue weighted by atomic mass is 16.5. The van der Waals surface area contributed by atoms with Gasteiger partial charge in [-0.05, 0) is 36.4 Å². The number of rotatable bonds is 5. The Balaban J connectivity index is 1.25. The Morgan fingerprint density at radius 3 is 3.00 bits per heavy atom. The van der Waals surface area contributed by atoms with Crippen molar-refractivity contribution < 1.29 is 4.74 Å². The fourth-order valence-corrected chi connectivity index (χ4v) is 3.43. The van der Waals surface area contributed by atoms with Crippen molar-refractivity contribution >= 4 is 28.1 Å². The first-order chi connectivity index (χ1) is 13.3. The predicted octanol–water partition coefficient (Wildman–Crippen LogP) is 2.23. The van der Waals surface area contributed by atoms with Crippen LogP contribution in [0.25, 0.3) is 16.6 Å². The molecule has 0 saturated carbocycles. The number of nitrogens with one attached hydrogen (secondary N) is 1. The van der Waals surface area contributed by atoms with Crippen LogP contribution in [0.2, 0.25) is 0 Å². The zero-order valence-electron chi connectivity index (χ0n) is 14.9. The molecular weight excluding hydrogens is 342 g/mol. The summed E-state index contributed by atoms with van der Waals surface area (Å²) in [7, 11) is 1.68. The molecule has 1 fully saturated rings. The van der Waals surface area contributed by atoms with E-state index < -0.39 is 0 Å². The van der Waals surface area contributed by atoms with Crippen molar-refractivity contribution in [3.63, 3.8) is 0 Å². The number of nitrogens with zero attached hydrogens (tertiary/aromatic N) is 6. The Kier molecular flexibility index (Phi) is 3.74. The van der Waals surface area contributed by atoms with Gasteiger partial charge >= 0.3 is 0 Å². The summed E-state index contributed by atoms with van der Waals surface area (Å²) < 4.78 is 7.05. The Hall–Kier alpha value is -3.42. The van der Waals surface area contributed by atoms with E-state index in [1.165, 1.54) is 0 Å². The predicted molar refractivity (Wildman–Crippen MR) is 103 cm³/mol. The highest BCUT2D eigenvalue weighted by Gasteiger charge is 2.28. The van der Waals surface area contributed by atoms with E-state index in [0.717, 1.165) is 53.4 Å². The lowest BCUT2D eigenvalue weighted by Crippen LogP contribution is -2.50. The molecule has 0 aliphatic carbocycles. The van der Waals surface area contributed by atoms with Gasteiger partial charge in [0.25, 0.3) is 0 Å². The van der Waals surface area contributed by atoms with Crippen LogP contribution in [0, 0.1) is 5.92 Å². The summed E-state index contributed by atoms with van der Waals surface area (Å²) in [5, 5.41) is 17.0. The molecule has 4 heterocycles. The zero-order valence-corrected chi connectivity index (χ0v) is 14.9. The Bertz CT molecular complexity index is 1100. The molecule has 0 atom stereocenters. The topological polar surface area (TPSA) is 80.5 Å². The van der Waals surface area contributed by atoms with Crippen LogP contribution in [0.5, 0.6) is 5.75 Å². The third kappa shape index (κ3) is 2.88. The van der Waals surface area contributed by atoms with Crippen LogP contribution < -0.4 is 15.0 Å². The average Bonchev–Trinajstić information content (AvgIpc) is 3.14. The van der Waals surface area contributed by atoms with Crippen molar-refractivity contribution in [2.24, 2.45) is 5.92 Å². The molecular formula is C19H19N7O. The summed E-state index contributed by atoms with van der Waals surface area (Å²) in [6, 6.07) is 11.9. The van der Waals surface area contributed by atoms with Gasteiger partial charge < -0.3 is 15.0 Å². The van der Waals surface area contributed by atoms with Gasteiger partial charge in [0.05, 0.1) is 12.6 Å². The second-order valence-corrected chi connectivity index (χ2v) is 6.72. The number of methoxy groups -OCH3 is 1. The second-order valence-electron chi connectivity index (χ2n) is 6.72. The summed E-state index contributed by atoms with van der Waals surface area (Å²) in [6.07, 6.45) is 3.46. The number of hydrogen-bond acceptors (Lipinski definition) is 7. The van der Waals surface area contributed by atoms with Crippen LogP contribution in [0.4, 0.5) is 11.5 Å². The molecule has 0 unspecified atom stereocenters. The molecule has 1 aliphatic heterocycles. The van der Waals surface area contributed by atoms with E-state index >= 15 is 0 Å². The minimum atomic E-state index is 0.567. The van der Waals surface area contributed by atoms with Gasteiger partial charge in [-0.3, -0.25) is 4.98 Å². The van der Waals surface area contributed by atoms with Gasteiger partial charge in [0.15, 0.2) is 5.65 Å². The molecule has 1 saturated heterocycles. The number of ether oxygens (including phenoxy) is 1. The van der Waals surface area contributed by atoms with Crippen LogP contribution >= 0.6 is 0 Å². The smallest absolute Gasteiger partial charge is 0.177 e. The number of anilines is 2. The first-order valence-corrected chi connectivity index (χ1v) is 8.89. The van der Waals surface area contributed by atoms with Crippen molar-refractivity contribution in [2.75, 3.05) is 37.0 Å². The molecule has 0 bridgehead atoms. The maximum absolute atomic E-state index is 5.34. The third-order valence-corrected chi connectivity index (χ3v) is 4.96. The molecule has 0 radical (unpaired) electrons. The Labute approximate surface area is 155 Å². The van der Waals surface area contributed by atoms with Gasteiger partial charge in [-0.1, -0.05) is 0 Å². The molecule has 8 nitrogen and oxygen atoms in total.